The van der Waals surface area contributed by atoms with Gasteiger partial charge in [-0.2, -0.15) is 0 Å². The van der Waals surface area contributed by atoms with Crippen LogP contribution in [0.1, 0.15) is 32.1 Å². The molecule has 0 heterocycles. The highest BCUT2D eigenvalue weighted by Crippen LogP contribution is 2.40. The molecule has 2 atom stereocenters. The third-order valence-corrected chi connectivity index (χ3v) is 3.68. The van der Waals surface area contributed by atoms with Gasteiger partial charge in [-0.25, -0.2) is 0 Å². The Hall–Kier alpha value is -0.0400. The van der Waals surface area contributed by atoms with E-state index in [4.69, 9.17) is 0 Å². The minimum Gasteiger partial charge on any atom is -0.0928 e. The Kier molecular flexibility index (Phi) is 3.26. The largest absolute Gasteiger partial charge is 0.0928 e. The van der Waals surface area contributed by atoms with E-state index in [1.54, 1.807) is 5.57 Å². The van der Waals surface area contributed by atoms with Gasteiger partial charge in [0.05, 0.1) is 0 Å². The van der Waals surface area contributed by atoms with Gasteiger partial charge in [0.15, 0.2) is 0 Å². The normalized spacial score (nSPS) is 29.8. The van der Waals surface area contributed by atoms with Gasteiger partial charge in [-0.3, -0.25) is 0 Å². The topological polar surface area (TPSA) is 0 Å². The SMILES string of the molecule is BrCCCCCC1=CC2C=CC1C2. The van der Waals surface area contributed by atoms with Crippen LogP contribution in [0.5, 0.6) is 0 Å². The number of rotatable bonds is 5. The van der Waals surface area contributed by atoms with Crippen LogP contribution in [0, 0.1) is 11.8 Å². The molecule has 0 radical (unpaired) electrons. The van der Waals surface area contributed by atoms with Crippen molar-refractivity contribution in [2.24, 2.45) is 11.8 Å². The van der Waals surface area contributed by atoms with E-state index in [1.165, 1.54) is 32.1 Å². The first-order chi connectivity index (χ1) is 6.40. The van der Waals surface area contributed by atoms with E-state index in [2.05, 4.69) is 34.2 Å². The third kappa shape index (κ3) is 2.25. The summed E-state index contributed by atoms with van der Waals surface area (Å²) in [6.07, 6.45) is 14.1. The van der Waals surface area contributed by atoms with Gasteiger partial charge in [0.2, 0.25) is 0 Å². The maximum Gasteiger partial charge on any atom is 0.00313 e. The van der Waals surface area contributed by atoms with Crippen molar-refractivity contribution in [3.05, 3.63) is 23.8 Å². The molecule has 0 aromatic heterocycles. The van der Waals surface area contributed by atoms with Crippen molar-refractivity contribution in [2.45, 2.75) is 32.1 Å². The molecule has 0 aliphatic heterocycles. The Morgan fingerprint density at radius 3 is 2.77 bits per heavy atom. The number of hydrogen-bond donors (Lipinski definition) is 0. The van der Waals surface area contributed by atoms with Crippen molar-refractivity contribution in [3.63, 3.8) is 0 Å². The van der Waals surface area contributed by atoms with Crippen LogP contribution in [0.25, 0.3) is 0 Å². The second-order valence-corrected chi connectivity index (χ2v) is 4.93. The quantitative estimate of drug-likeness (QED) is 0.386. The van der Waals surface area contributed by atoms with E-state index in [0.717, 1.165) is 17.2 Å². The zero-order valence-corrected chi connectivity index (χ0v) is 9.59. The first kappa shape index (κ1) is 9.51. The summed E-state index contributed by atoms with van der Waals surface area (Å²) in [5.41, 5.74) is 1.72. The number of hydrogen-bond acceptors (Lipinski definition) is 0. The summed E-state index contributed by atoms with van der Waals surface area (Å²) in [5.74, 6) is 1.63. The van der Waals surface area contributed by atoms with Gasteiger partial charge in [0.25, 0.3) is 0 Å². The van der Waals surface area contributed by atoms with E-state index in [-0.39, 0.29) is 0 Å². The highest BCUT2D eigenvalue weighted by atomic mass is 79.9. The summed E-state index contributed by atoms with van der Waals surface area (Å²) in [4.78, 5) is 0. The maximum atomic E-state index is 3.47. The lowest BCUT2D eigenvalue weighted by molar-refractivity contribution is 0.655. The average molecular weight is 241 g/mol. The molecule has 0 aromatic rings. The van der Waals surface area contributed by atoms with E-state index >= 15 is 0 Å². The monoisotopic (exact) mass is 240 g/mol. The highest BCUT2D eigenvalue weighted by Gasteiger charge is 2.26. The number of allylic oxidation sites excluding steroid dienone is 4. The first-order valence-electron chi connectivity index (χ1n) is 5.35. The van der Waals surface area contributed by atoms with Gasteiger partial charge in [0.1, 0.15) is 0 Å². The van der Waals surface area contributed by atoms with Crippen LogP contribution in [0.3, 0.4) is 0 Å². The van der Waals surface area contributed by atoms with Crippen molar-refractivity contribution in [1.82, 2.24) is 0 Å². The Bertz CT molecular complexity index is 227. The third-order valence-electron chi connectivity index (χ3n) is 3.12. The molecule has 2 aliphatic carbocycles. The van der Waals surface area contributed by atoms with Gasteiger partial charge in [-0.05, 0) is 37.5 Å². The number of unbranched alkanes of at least 4 members (excludes halogenated alkanes) is 2. The summed E-state index contributed by atoms with van der Waals surface area (Å²) in [7, 11) is 0. The van der Waals surface area contributed by atoms with Crippen LogP contribution in [-0.4, -0.2) is 5.33 Å². The minimum atomic E-state index is 0.802. The fraction of sp³-hybridized carbons (Fsp3) is 0.667. The van der Waals surface area contributed by atoms with Crippen LogP contribution in [0.15, 0.2) is 23.8 Å². The Balaban J connectivity index is 1.69. The second kappa shape index (κ2) is 4.45. The number of halogens is 1. The Morgan fingerprint density at radius 1 is 1.23 bits per heavy atom. The molecule has 0 amide bonds. The molecule has 2 aliphatic rings. The van der Waals surface area contributed by atoms with Gasteiger partial charge in [-0.1, -0.05) is 46.2 Å². The lowest BCUT2D eigenvalue weighted by atomic mass is 9.97. The highest BCUT2D eigenvalue weighted by molar-refractivity contribution is 9.09. The molecule has 0 N–H and O–H groups in total. The molecule has 2 bridgehead atoms. The molecule has 13 heavy (non-hydrogen) atoms. The molecule has 0 fully saturated rings. The van der Waals surface area contributed by atoms with Gasteiger partial charge in [0, 0.05) is 5.33 Å². The van der Waals surface area contributed by atoms with Gasteiger partial charge >= 0.3 is 0 Å². The van der Waals surface area contributed by atoms with Crippen molar-refractivity contribution in [1.29, 1.82) is 0 Å². The van der Waals surface area contributed by atoms with Crippen molar-refractivity contribution < 1.29 is 0 Å². The fourth-order valence-corrected chi connectivity index (χ4v) is 2.79. The zero-order chi connectivity index (χ0) is 9.10. The molecular weight excluding hydrogens is 224 g/mol. The lowest BCUT2D eigenvalue weighted by Crippen LogP contribution is -1.93. The van der Waals surface area contributed by atoms with Crippen molar-refractivity contribution in [2.75, 3.05) is 5.33 Å². The predicted molar refractivity (Wildman–Crippen MR) is 61.1 cm³/mol. The number of fused-ring (bicyclic) bond motifs is 2. The van der Waals surface area contributed by atoms with Crippen LogP contribution in [-0.2, 0) is 0 Å². The molecule has 0 saturated carbocycles. The Labute approximate surface area is 89.2 Å². The molecule has 2 unspecified atom stereocenters. The van der Waals surface area contributed by atoms with Crippen molar-refractivity contribution in [3.8, 4) is 0 Å². The molecule has 72 valence electrons. The van der Waals surface area contributed by atoms with E-state index in [1.807, 2.05) is 0 Å². The molecule has 0 saturated heterocycles. The average Bonchev–Trinajstić information content (AvgIpc) is 2.73. The van der Waals surface area contributed by atoms with E-state index < -0.39 is 0 Å². The molecular formula is C12H17Br. The van der Waals surface area contributed by atoms with E-state index in [0.29, 0.717) is 0 Å². The van der Waals surface area contributed by atoms with Crippen LogP contribution in [0.2, 0.25) is 0 Å². The molecule has 1 heteroatoms. The Morgan fingerprint density at radius 2 is 2.15 bits per heavy atom. The summed E-state index contributed by atoms with van der Waals surface area (Å²) >= 11 is 3.47. The van der Waals surface area contributed by atoms with Gasteiger partial charge < -0.3 is 0 Å². The lowest BCUT2D eigenvalue weighted by Gasteiger charge is -2.08. The summed E-state index contributed by atoms with van der Waals surface area (Å²) in [5, 5.41) is 1.16. The standard InChI is InChI=1S/C12H17Br/c13-7-3-1-2-4-11-8-10-5-6-12(11)9-10/h5-6,8,10,12H,1-4,7,9H2. The van der Waals surface area contributed by atoms with Crippen LogP contribution >= 0.6 is 15.9 Å². The smallest absolute Gasteiger partial charge is 0.00313 e. The van der Waals surface area contributed by atoms with Crippen LogP contribution < -0.4 is 0 Å². The van der Waals surface area contributed by atoms with E-state index in [9.17, 15) is 0 Å². The summed E-state index contributed by atoms with van der Waals surface area (Å²) < 4.78 is 0. The predicted octanol–water partition coefficient (Wildman–Crippen LogP) is 4.07. The zero-order valence-electron chi connectivity index (χ0n) is 8.01. The minimum absolute atomic E-state index is 0.802. The first-order valence-corrected chi connectivity index (χ1v) is 6.47. The van der Waals surface area contributed by atoms with Crippen LogP contribution in [0.4, 0.5) is 0 Å². The van der Waals surface area contributed by atoms with Gasteiger partial charge in [-0.15, -0.1) is 0 Å². The second-order valence-electron chi connectivity index (χ2n) is 4.13. The number of alkyl halides is 1. The summed E-state index contributed by atoms with van der Waals surface area (Å²) in [6, 6.07) is 0. The fourth-order valence-electron chi connectivity index (χ4n) is 2.39. The summed E-state index contributed by atoms with van der Waals surface area (Å²) in [6.45, 7) is 0. The maximum absolute atomic E-state index is 3.47. The molecule has 2 rings (SSSR count). The molecule has 0 aromatic carbocycles. The molecule has 0 spiro atoms. The molecule has 0 nitrogen and oxygen atoms in total. The van der Waals surface area contributed by atoms with Crippen molar-refractivity contribution >= 4 is 15.9 Å².